The van der Waals surface area contributed by atoms with Gasteiger partial charge in [-0.05, 0) is 26.2 Å². The first-order chi connectivity index (χ1) is 8.29. The minimum absolute atomic E-state index is 0.00588. The van der Waals surface area contributed by atoms with Crippen molar-refractivity contribution >= 4 is 0 Å². The maximum absolute atomic E-state index is 11.9. The Kier molecular flexibility index (Phi) is 2.31. The monoisotopic (exact) mass is 230 g/mol. The Bertz CT molecular complexity index is 611. The lowest BCUT2D eigenvalue weighted by molar-refractivity contribution is 0.762. The second kappa shape index (κ2) is 3.84. The molecule has 3 rings (SSSR count). The molecule has 0 saturated heterocycles. The van der Waals surface area contributed by atoms with Crippen molar-refractivity contribution in [3.05, 3.63) is 34.1 Å². The Labute approximate surface area is 98.5 Å². The van der Waals surface area contributed by atoms with E-state index in [0.29, 0.717) is 5.82 Å². The van der Waals surface area contributed by atoms with Crippen LogP contribution in [0.1, 0.15) is 24.6 Å². The van der Waals surface area contributed by atoms with Crippen LogP contribution in [0.3, 0.4) is 0 Å². The van der Waals surface area contributed by atoms with Crippen molar-refractivity contribution in [2.75, 3.05) is 0 Å². The Morgan fingerprint density at radius 2 is 2.35 bits per heavy atom. The maximum Gasteiger partial charge on any atom is 0.254 e. The van der Waals surface area contributed by atoms with E-state index in [1.54, 1.807) is 12.5 Å². The zero-order chi connectivity index (χ0) is 11.8. The first-order valence-corrected chi connectivity index (χ1v) is 5.92. The van der Waals surface area contributed by atoms with Gasteiger partial charge < -0.3 is 9.55 Å². The number of fused-ring (bicyclic) bond motifs is 1. The third-order valence-corrected chi connectivity index (χ3v) is 3.24. The molecule has 0 saturated carbocycles. The van der Waals surface area contributed by atoms with Gasteiger partial charge in [0.1, 0.15) is 5.69 Å². The number of H-pyrrole nitrogens is 1. The largest absolute Gasteiger partial charge is 0.328 e. The van der Waals surface area contributed by atoms with Gasteiger partial charge >= 0.3 is 0 Å². The lowest BCUT2D eigenvalue weighted by atomic mass is 10.2. The normalized spacial score (nSPS) is 13.9. The highest BCUT2D eigenvalue weighted by atomic mass is 16.1. The van der Waals surface area contributed by atoms with E-state index in [9.17, 15) is 4.79 Å². The fourth-order valence-electron chi connectivity index (χ4n) is 2.33. The summed E-state index contributed by atoms with van der Waals surface area (Å²) in [6.07, 6.45) is 6.28. The van der Waals surface area contributed by atoms with Gasteiger partial charge in [0, 0.05) is 12.1 Å². The number of aryl methyl sites for hydroxylation is 2. The number of imidazole rings is 1. The van der Waals surface area contributed by atoms with Gasteiger partial charge in [0.15, 0.2) is 5.82 Å². The van der Waals surface area contributed by atoms with Crippen LogP contribution < -0.4 is 5.56 Å². The lowest BCUT2D eigenvalue weighted by Gasteiger charge is -2.06. The predicted molar refractivity (Wildman–Crippen MR) is 63.8 cm³/mol. The number of nitrogens with zero attached hydrogens (tertiary/aromatic N) is 3. The van der Waals surface area contributed by atoms with Gasteiger partial charge in [0.25, 0.3) is 5.56 Å². The molecule has 0 fully saturated rings. The van der Waals surface area contributed by atoms with E-state index in [0.717, 1.165) is 42.8 Å². The summed E-state index contributed by atoms with van der Waals surface area (Å²) < 4.78 is 1.97. The van der Waals surface area contributed by atoms with Gasteiger partial charge in [-0.15, -0.1) is 0 Å². The highest BCUT2D eigenvalue weighted by molar-refractivity contribution is 5.49. The van der Waals surface area contributed by atoms with E-state index in [2.05, 4.69) is 15.0 Å². The number of aromatic amines is 1. The molecule has 5 heteroatoms. The SMILES string of the molecule is CCn1cncc1-c1nc2c(c(=O)[nH]1)CCC2. The van der Waals surface area contributed by atoms with Crippen LogP contribution in [0.25, 0.3) is 11.5 Å². The zero-order valence-electron chi connectivity index (χ0n) is 9.73. The molecule has 0 aromatic carbocycles. The molecule has 0 aliphatic heterocycles. The van der Waals surface area contributed by atoms with Crippen molar-refractivity contribution in [1.82, 2.24) is 19.5 Å². The molecule has 88 valence electrons. The van der Waals surface area contributed by atoms with Crippen molar-refractivity contribution in [3.8, 4) is 11.5 Å². The topological polar surface area (TPSA) is 63.6 Å². The molecule has 0 atom stereocenters. The molecule has 5 nitrogen and oxygen atoms in total. The van der Waals surface area contributed by atoms with Crippen molar-refractivity contribution in [2.24, 2.45) is 0 Å². The Morgan fingerprint density at radius 3 is 3.18 bits per heavy atom. The Balaban J connectivity index is 2.17. The molecule has 0 unspecified atom stereocenters. The first-order valence-electron chi connectivity index (χ1n) is 5.92. The second-order valence-electron chi connectivity index (χ2n) is 4.26. The fraction of sp³-hybridized carbons (Fsp3) is 0.417. The molecule has 0 radical (unpaired) electrons. The minimum atomic E-state index is 0.00588. The summed E-state index contributed by atoms with van der Waals surface area (Å²) in [6.45, 7) is 2.85. The van der Waals surface area contributed by atoms with Crippen LogP contribution in [0.15, 0.2) is 17.3 Å². The standard InChI is InChI=1S/C12H14N4O/c1-2-16-7-13-6-10(16)11-14-9-5-3-4-8(9)12(17)15-11/h6-7H,2-5H2,1H3,(H,14,15,17). The third kappa shape index (κ3) is 1.58. The van der Waals surface area contributed by atoms with E-state index >= 15 is 0 Å². The van der Waals surface area contributed by atoms with Crippen molar-refractivity contribution in [3.63, 3.8) is 0 Å². The maximum atomic E-state index is 11.9. The average molecular weight is 230 g/mol. The van der Waals surface area contributed by atoms with E-state index in [1.165, 1.54) is 0 Å². The van der Waals surface area contributed by atoms with Crippen LogP contribution in [0.4, 0.5) is 0 Å². The van der Waals surface area contributed by atoms with Crippen LogP contribution in [0, 0.1) is 0 Å². The quantitative estimate of drug-likeness (QED) is 0.841. The fourth-order valence-corrected chi connectivity index (χ4v) is 2.33. The Hall–Kier alpha value is -1.91. The lowest BCUT2D eigenvalue weighted by Crippen LogP contribution is -2.16. The van der Waals surface area contributed by atoms with Crippen molar-refractivity contribution in [2.45, 2.75) is 32.7 Å². The molecule has 17 heavy (non-hydrogen) atoms. The first kappa shape index (κ1) is 10.3. The van der Waals surface area contributed by atoms with Crippen molar-refractivity contribution < 1.29 is 0 Å². The van der Waals surface area contributed by atoms with E-state index < -0.39 is 0 Å². The number of nitrogens with one attached hydrogen (secondary N) is 1. The molecule has 0 spiro atoms. The van der Waals surface area contributed by atoms with Gasteiger partial charge in [0.2, 0.25) is 0 Å². The van der Waals surface area contributed by atoms with E-state index in [1.807, 2.05) is 11.5 Å². The summed E-state index contributed by atoms with van der Waals surface area (Å²) in [5, 5.41) is 0. The van der Waals surface area contributed by atoms with Gasteiger partial charge in [-0.25, -0.2) is 9.97 Å². The molecule has 2 aromatic heterocycles. The molecular formula is C12H14N4O. The molecule has 1 aliphatic rings. The van der Waals surface area contributed by atoms with Crippen LogP contribution in [-0.4, -0.2) is 19.5 Å². The highest BCUT2D eigenvalue weighted by Crippen LogP contribution is 2.19. The number of aromatic nitrogens is 4. The number of hydrogen-bond acceptors (Lipinski definition) is 3. The average Bonchev–Trinajstić information content (AvgIpc) is 2.96. The van der Waals surface area contributed by atoms with Gasteiger partial charge in [-0.3, -0.25) is 4.79 Å². The van der Waals surface area contributed by atoms with Crippen LogP contribution >= 0.6 is 0 Å². The number of hydrogen-bond donors (Lipinski definition) is 1. The molecular weight excluding hydrogens is 216 g/mol. The summed E-state index contributed by atoms with van der Waals surface area (Å²) in [7, 11) is 0. The molecule has 1 aliphatic carbocycles. The predicted octanol–water partition coefficient (Wildman–Crippen LogP) is 1.14. The summed E-state index contributed by atoms with van der Waals surface area (Å²) in [5.41, 5.74) is 2.69. The summed E-state index contributed by atoms with van der Waals surface area (Å²) in [5.74, 6) is 0.634. The smallest absolute Gasteiger partial charge is 0.254 e. The van der Waals surface area contributed by atoms with Crippen molar-refractivity contribution in [1.29, 1.82) is 0 Å². The third-order valence-electron chi connectivity index (χ3n) is 3.24. The van der Waals surface area contributed by atoms with Crippen LogP contribution in [0.2, 0.25) is 0 Å². The molecule has 2 aromatic rings. The molecule has 0 bridgehead atoms. The zero-order valence-corrected chi connectivity index (χ0v) is 9.73. The van der Waals surface area contributed by atoms with Gasteiger partial charge in [0.05, 0.1) is 18.2 Å². The summed E-state index contributed by atoms with van der Waals surface area (Å²) in [6, 6.07) is 0. The van der Waals surface area contributed by atoms with Crippen LogP contribution in [0.5, 0.6) is 0 Å². The molecule has 2 heterocycles. The van der Waals surface area contributed by atoms with Gasteiger partial charge in [-0.2, -0.15) is 0 Å². The number of rotatable bonds is 2. The van der Waals surface area contributed by atoms with E-state index in [-0.39, 0.29) is 5.56 Å². The molecule has 1 N–H and O–H groups in total. The highest BCUT2D eigenvalue weighted by Gasteiger charge is 2.18. The summed E-state index contributed by atoms with van der Waals surface area (Å²) >= 11 is 0. The minimum Gasteiger partial charge on any atom is -0.328 e. The molecule has 0 amide bonds. The van der Waals surface area contributed by atoms with Gasteiger partial charge in [-0.1, -0.05) is 0 Å². The summed E-state index contributed by atoms with van der Waals surface area (Å²) in [4.78, 5) is 23.4. The Morgan fingerprint density at radius 1 is 1.47 bits per heavy atom. The van der Waals surface area contributed by atoms with E-state index in [4.69, 9.17) is 0 Å². The second-order valence-corrected chi connectivity index (χ2v) is 4.26. The van der Waals surface area contributed by atoms with Crippen LogP contribution in [-0.2, 0) is 19.4 Å².